The van der Waals surface area contributed by atoms with Gasteiger partial charge in [-0.05, 0) is 43.1 Å². The number of likely N-dealkylation sites (tertiary alicyclic amines) is 1. The Morgan fingerprint density at radius 1 is 0.852 bits per heavy atom. The summed E-state index contributed by atoms with van der Waals surface area (Å²) in [5.74, 6) is 1.05. The summed E-state index contributed by atoms with van der Waals surface area (Å²) in [5, 5.41) is 0. The van der Waals surface area contributed by atoms with Gasteiger partial charge in [0, 0.05) is 31.3 Å². The summed E-state index contributed by atoms with van der Waals surface area (Å²) in [7, 11) is 0. The molecule has 0 amide bonds. The van der Waals surface area contributed by atoms with Gasteiger partial charge in [0.15, 0.2) is 0 Å². The summed E-state index contributed by atoms with van der Waals surface area (Å²) in [6.45, 7) is 4.10. The van der Waals surface area contributed by atoms with E-state index < -0.39 is 0 Å². The minimum absolute atomic E-state index is 0.221. The Kier molecular flexibility index (Phi) is 4.25. The van der Waals surface area contributed by atoms with Gasteiger partial charge in [0.1, 0.15) is 11.4 Å². The molecule has 0 N–H and O–H groups in total. The second-order valence-electron chi connectivity index (χ2n) is 7.84. The molecule has 0 aliphatic carbocycles. The van der Waals surface area contributed by atoms with Gasteiger partial charge < -0.3 is 9.30 Å². The van der Waals surface area contributed by atoms with Gasteiger partial charge >= 0.3 is 0 Å². The Hall–Kier alpha value is -2.52. The van der Waals surface area contributed by atoms with Crippen molar-refractivity contribution in [2.75, 3.05) is 13.1 Å². The van der Waals surface area contributed by atoms with Crippen molar-refractivity contribution in [2.24, 2.45) is 0 Å². The molecule has 0 bridgehead atoms. The molecule has 1 saturated heterocycles. The van der Waals surface area contributed by atoms with Crippen LogP contribution in [0.3, 0.4) is 0 Å². The van der Waals surface area contributed by atoms with Crippen LogP contribution >= 0.6 is 0 Å². The Labute approximate surface area is 161 Å². The van der Waals surface area contributed by atoms with Gasteiger partial charge in [0.2, 0.25) is 0 Å². The zero-order valence-electron chi connectivity index (χ0n) is 15.7. The van der Waals surface area contributed by atoms with Crippen molar-refractivity contribution in [3.63, 3.8) is 0 Å². The number of hydrogen-bond donors (Lipinski definition) is 0. The SMILES string of the molecule is c1ccc(CN2CCCC3(CC2)Oc2ccccc2Cn2cccc23)cc1. The maximum atomic E-state index is 6.80. The molecule has 1 aromatic heterocycles. The second-order valence-corrected chi connectivity index (χ2v) is 7.84. The van der Waals surface area contributed by atoms with Crippen molar-refractivity contribution in [2.45, 2.75) is 38.0 Å². The highest BCUT2D eigenvalue weighted by molar-refractivity contribution is 5.38. The molecule has 1 fully saturated rings. The smallest absolute Gasteiger partial charge is 0.150 e. The fourth-order valence-electron chi connectivity index (χ4n) is 4.67. The van der Waals surface area contributed by atoms with Crippen molar-refractivity contribution in [3.8, 4) is 5.75 Å². The molecule has 3 heteroatoms. The van der Waals surface area contributed by atoms with Gasteiger partial charge in [0.05, 0.1) is 12.2 Å². The van der Waals surface area contributed by atoms with Crippen molar-refractivity contribution < 1.29 is 4.74 Å². The molecule has 3 aromatic rings. The minimum Gasteiger partial charge on any atom is -0.481 e. The molecule has 2 aromatic carbocycles. The molecule has 138 valence electrons. The summed E-state index contributed by atoms with van der Waals surface area (Å²) in [6, 6.07) is 23.8. The highest BCUT2D eigenvalue weighted by atomic mass is 16.5. The lowest BCUT2D eigenvalue weighted by Gasteiger charge is -2.33. The minimum atomic E-state index is -0.221. The topological polar surface area (TPSA) is 17.4 Å². The van der Waals surface area contributed by atoms with E-state index in [1.807, 2.05) is 0 Å². The molecular weight excluding hydrogens is 332 g/mol. The Balaban J connectivity index is 1.44. The predicted molar refractivity (Wildman–Crippen MR) is 108 cm³/mol. The van der Waals surface area contributed by atoms with E-state index in [1.165, 1.54) is 16.8 Å². The summed E-state index contributed by atoms with van der Waals surface area (Å²) in [6.07, 6.45) is 5.45. The third kappa shape index (κ3) is 3.17. The average molecular weight is 358 g/mol. The van der Waals surface area contributed by atoms with E-state index in [9.17, 15) is 0 Å². The Morgan fingerprint density at radius 3 is 2.63 bits per heavy atom. The summed E-state index contributed by atoms with van der Waals surface area (Å²) in [4.78, 5) is 2.58. The van der Waals surface area contributed by atoms with Crippen molar-refractivity contribution >= 4 is 0 Å². The Morgan fingerprint density at radius 2 is 1.70 bits per heavy atom. The third-order valence-electron chi connectivity index (χ3n) is 6.05. The quantitative estimate of drug-likeness (QED) is 0.654. The van der Waals surface area contributed by atoms with Crippen LogP contribution in [0.15, 0.2) is 72.9 Å². The molecule has 3 nitrogen and oxygen atoms in total. The molecule has 27 heavy (non-hydrogen) atoms. The summed E-state index contributed by atoms with van der Waals surface area (Å²) in [5.41, 5.74) is 3.78. The van der Waals surface area contributed by atoms with E-state index in [0.29, 0.717) is 0 Å². The van der Waals surface area contributed by atoms with Crippen LogP contribution in [0.5, 0.6) is 5.75 Å². The van der Waals surface area contributed by atoms with E-state index in [0.717, 1.165) is 51.2 Å². The fraction of sp³-hybridized carbons (Fsp3) is 0.333. The molecule has 1 spiro atoms. The zero-order valence-corrected chi connectivity index (χ0v) is 15.7. The highest BCUT2D eigenvalue weighted by Crippen LogP contribution is 2.42. The van der Waals surface area contributed by atoms with Crippen LogP contribution in [0, 0.1) is 0 Å². The van der Waals surface area contributed by atoms with Crippen LogP contribution in [0.25, 0.3) is 0 Å². The first-order chi connectivity index (χ1) is 13.3. The van der Waals surface area contributed by atoms with Gasteiger partial charge in [-0.15, -0.1) is 0 Å². The number of para-hydroxylation sites is 1. The zero-order chi connectivity index (χ0) is 18.1. The molecule has 3 heterocycles. The van der Waals surface area contributed by atoms with E-state index >= 15 is 0 Å². The fourth-order valence-corrected chi connectivity index (χ4v) is 4.67. The van der Waals surface area contributed by atoms with Crippen molar-refractivity contribution in [1.82, 2.24) is 9.47 Å². The van der Waals surface area contributed by atoms with Crippen molar-refractivity contribution in [3.05, 3.63) is 89.7 Å². The normalized spacial score (nSPS) is 22.4. The van der Waals surface area contributed by atoms with Crippen molar-refractivity contribution in [1.29, 1.82) is 0 Å². The number of rotatable bonds is 2. The van der Waals surface area contributed by atoms with E-state index in [4.69, 9.17) is 4.74 Å². The number of ether oxygens (including phenoxy) is 1. The molecule has 2 aliphatic rings. The number of fused-ring (bicyclic) bond motifs is 3. The van der Waals surface area contributed by atoms with Gasteiger partial charge in [-0.2, -0.15) is 0 Å². The predicted octanol–water partition coefficient (Wildman–Crippen LogP) is 4.81. The van der Waals surface area contributed by atoms with Gasteiger partial charge in [0.25, 0.3) is 0 Å². The maximum absolute atomic E-state index is 6.80. The number of benzene rings is 2. The first-order valence-corrected chi connectivity index (χ1v) is 10.0. The Bertz CT molecular complexity index is 917. The van der Waals surface area contributed by atoms with Crippen LogP contribution in [-0.4, -0.2) is 22.6 Å². The van der Waals surface area contributed by atoms with E-state index in [2.05, 4.69) is 82.4 Å². The lowest BCUT2D eigenvalue weighted by atomic mass is 9.90. The largest absolute Gasteiger partial charge is 0.481 e. The van der Waals surface area contributed by atoms with E-state index in [1.54, 1.807) is 0 Å². The highest BCUT2D eigenvalue weighted by Gasteiger charge is 2.40. The molecule has 0 saturated carbocycles. The van der Waals surface area contributed by atoms with Crippen LogP contribution in [0.4, 0.5) is 0 Å². The first-order valence-electron chi connectivity index (χ1n) is 10.0. The number of aromatic nitrogens is 1. The molecule has 2 aliphatic heterocycles. The molecule has 5 rings (SSSR count). The molecule has 1 unspecified atom stereocenters. The van der Waals surface area contributed by atoms with Crippen LogP contribution in [0.2, 0.25) is 0 Å². The average Bonchev–Trinajstić information content (AvgIpc) is 3.02. The lowest BCUT2D eigenvalue weighted by Crippen LogP contribution is -2.35. The van der Waals surface area contributed by atoms with E-state index in [-0.39, 0.29) is 5.60 Å². The lowest BCUT2D eigenvalue weighted by molar-refractivity contribution is 0.0452. The van der Waals surface area contributed by atoms with Crippen LogP contribution in [0.1, 0.15) is 36.1 Å². The van der Waals surface area contributed by atoms with Crippen LogP contribution < -0.4 is 4.74 Å². The molecular formula is C24H26N2O. The van der Waals surface area contributed by atoms with Gasteiger partial charge in [-0.25, -0.2) is 0 Å². The monoisotopic (exact) mass is 358 g/mol. The van der Waals surface area contributed by atoms with Crippen LogP contribution in [-0.2, 0) is 18.7 Å². The summed E-state index contributed by atoms with van der Waals surface area (Å²) >= 11 is 0. The first kappa shape index (κ1) is 16.6. The van der Waals surface area contributed by atoms with Gasteiger partial charge in [-0.1, -0.05) is 48.5 Å². The number of nitrogens with zero attached hydrogens (tertiary/aromatic N) is 2. The number of hydrogen-bond acceptors (Lipinski definition) is 2. The summed E-state index contributed by atoms with van der Waals surface area (Å²) < 4.78 is 9.19. The molecule has 1 atom stereocenters. The maximum Gasteiger partial charge on any atom is 0.150 e. The standard InChI is InChI=1S/C24H26N2O/c1-2-8-20(9-3-1)18-25-15-7-13-24(14-17-25)23-12-6-16-26(23)19-21-10-4-5-11-22(21)27-24/h1-6,8-12,16H,7,13-15,17-19H2. The van der Waals surface area contributed by atoms with Gasteiger partial charge in [-0.3, -0.25) is 4.90 Å². The molecule has 0 radical (unpaired) electrons. The third-order valence-corrected chi connectivity index (χ3v) is 6.05. The second kappa shape index (κ2) is 6.90.